The fourth-order valence-corrected chi connectivity index (χ4v) is 3.53. The van der Waals surface area contributed by atoms with Gasteiger partial charge in [-0.2, -0.15) is 0 Å². The third kappa shape index (κ3) is 4.52. The maximum atomic E-state index is 9.53. The molecule has 0 bridgehead atoms. The predicted octanol–water partition coefficient (Wildman–Crippen LogP) is 1.81. The Bertz CT molecular complexity index is 207. The minimum Gasteiger partial charge on any atom is -0.393 e. The molecular weight excluding hydrogens is 224 g/mol. The Labute approximate surface area is 112 Å². The van der Waals surface area contributed by atoms with E-state index in [0.29, 0.717) is 0 Å². The van der Waals surface area contributed by atoms with Crippen LogP contribution in [0.3, 0.4) is 0 Å². The van der Waals surface area contributed by atoms with Crippen molar-refractivity contribution in [3.05, 3.63) is 0 Å². The summed E-state index contributed by atoms with van der Waals surface area (Å²) < 4.78 is 0. The van der Waals surface area contributed by atoms with Gasteiger partial charge in [0.1, 0.15) is 0 Å². The quantitative estimate of drug-likeness (QED) is 0.829. The van der Waals surface area contributed by atoms with Gasteiger partial charge in [0.25, 0.3) is 0 Å². The van der Waals surface area contributed by atoms with Gasteiger partial charge in [0.2, 0.25) is 0 Å². The van der Waals surface area contributed by atoms with E-state index in [1.54, 1.807) is 0 Å². The summed E-state index contributed by atoms with van der Waals surface area (Å²) in [7, 11) is 4.51. The molecule has 1 saturated carbocycles. The smallest absolute Gasteiger partial charge is 0.0540 e. The van der Waals surface area contributed by atoms with Gasteiger partial charge >= 0.3 is 0 Å². The van der Waals surface area contributed by atoms with E-state index in [0.717, 1.165) is 24.7 Å². The van der Waals surface area contributed by atoms with Crippen molar-refractivity contribution in [2.45, 2.75) is 44.6 Å². The maximum Gasteiger partial charge on any atom is 0.0540 e. The van der Waals surface area contributed by atoms with Crippen molar-refractivity contribution in [2.75, 3.05) is 40.3 Å². The van der Waals surface area contributed by atoms with Gasteiger partial charge < -0.3 is 14.9 Å². The third-order valence-corrected chi connectivity index (χ3v) is 4.79. The molecule has 0 amide bonds. The van der Waals surface area contributed by atoms with Crippen LogP contribution in [0.4, 0.5) is 0 Å². The Kier molecular flexibility index (Phi) is 5.46. The lowest BCUT2D eigenvalue weighted by molar-refractivity contribution is 0.0920. The summed E-state index contributed by atoms with van der Waals surface area (Å²) in [5, 5.41) is 9.53. The molecule has 2 fully saturated rings. The zero-order valence-corrected chi connectivity index (χ0v) is 12.1. The van der Waals surface area contributed by atoms with E-state index in [2.05, 4.69) is 23.9 Å². The number of nitrogens with zero attached hydrogens (tertiary/aromatic N) is 2. The third-order valence-electron chi connectivity index (χ3n) is 4.79. The number of aliphatic hydroxyl groups is 1. The molecule has 1 aliphatic heterocycles. The number of aliphatic hydroxyl groups excluding tert-OH is 1. The lowest BCUT2D eigenvalue weighted by Gasteiger charge is -2.34. The molecule has 1 N–H and O–H groups in total. The van der Waals surface area contributed by atoms with Crippen molar-refractivity contribution < 1.29 is 5.11 Å². The summed E-state index contributed by atoms with van der Waals surface area (Å²) in [6.45, 7) is 5.05. The van der Waals surface area contributed by atoms with Crippen LogP contribution in [-0.2, 0) is 0 Å². The van der Waals surface area contributed by atoms with E-state index in [9.17, 15) is 5.11 Å². The van der Waals surface area contributed by atoms with E-state index < -0.39 is 0 Å². The molecule has 0 aromatic heterocycles. The largest absolute Gasteiger partial charge is 0.393 e. The van der Waals surface area contributed by atoms with E-state index in [1.165, 1.54) is 51.9 Å². The summed E-state index contributed by atoms with van der Waals surface area (Å²) in [5.74, 6) is 1.73. The van der Waals surface area contributed by atoms with E-state index >= 15 is 0 Å². The Hall–Kier alpha value is -0.120. The number of hydrogen-bond acceptors (Lipinski definition) is 3. The molecule has 0 radical (unpaired) electrons. The molecule has 0 spiro atoms. The first kappa shape index (κ1) is 14.3. The standard InChI is InChI=1S/C15H30N2O/c1-16-9-7-14(8-10-16)12-17(2)11-13-3-5-15(18)6-4-13/h13-15,18H,3-12H2,1-2H3. The van der Waals surface area contributed by atoms with Gasteiger partial charge in [0.15, 0.2) is 0 Å². The molecule has 1 saturated heterocycles. The molecule has 1 heterocycles. The molecular formula is C15H30N2O. The van der Waals surface area contributed by atoms with Crippen LogP contribution in [0.2, 0.25) is 0 Å². The van der Waals surface area contributed by atoms with Gasteiger partial charge in [-0.25, -0.2) is 0 Å². The van der Waals surface area contributed by atoms with Crippen molar-refractivity contribution in [2.24, 2.45) is 11.8 Å². The van der Waals surface area contributed by atoms with E-state index in [-0.39, 0.29) is 6.10 Å². The highest BCUT2D eigenvalue weighted by molar-refractivity contribution is 4.76. The first-order valence-electron chi connectivity index (χ1n) is 7.68. The highest BCUT2D eigenvalue weighted by Crippen LogP contribution is 2.25. The molecule has 0 aromatic carbocycles. The van der Waals surface area contributed by atoms with Gasteiger partial charge in [0.05, 0.1) is 6.10 Å². The maximum absolute atomic E-state index is 9.53. The Morgan fingerprint density at radius 2 is 1.44 bits per heavy atom. The Morgan fingerprint density at radius 1 is 0.944 bits per heavy atom. The molecule has 0 atom stereocenters. The topological polar surface area (TPSA) is 26.7 Å². The number of rotatable bonds is 4. The predicted molar refractivity (Wildman–Crippen MR) is 75.7 cm³/mol. The number of hydrogen-bond donors (Lipinski definition) is 1. The average Bonchev–Trinajstić information content (AvgIpc) is 2.35. The molecule has 0 aromatic rings. The van der Waals surface area contributed by atoms with E-state index in [1.807, 2.05) is 0 Å². The molecule has 3 heteroatoms. The van der Waals surface area contributed by atoms with Crippen molar-refractivity contribution in [1.82, 2.24) is 9.80 Å². The van der Waals surface area contributed by atoms with Gasteiger partial charge in [-0.05, 0) is 77.5 Å². The van der Waals surface area contributed by atoms with Crippen LogP contribution >= 0.6 is 0 Å². The van der Waals surface area contributed by atoms with Gasteiger partial charge in [0, 0.05) is 13.1 Å². The lowest BCUT2D eigenvalue weighted by atomic mass is 9.87. The first-order chi connectivity index (χ1) is 8.63. The number of likely N-dealkylation sites (tertiary alicyclic amines) is 1. The molecule has 2 aliphatic rings. The minimum atomic E-state index is -0.0135. The molecule has 106 valence electrons. The molecule has 18 heavy (non-hydrogen) atoms. The summed E-state index contributed by atoms with van der Waals surface area (Å²) in [5.41, 5.74) is 0. The summed E-state index contributed by atoms with van der Waals surface area (Å²) >= 11 is 0. The van der Waals surface area contributed by atoms with Crippen LogP contribution in [0.5, 0.6) is 0 Å². The van der Waals surface area contributed by atoms with Crippen LogP contribution in [0.15, 0.2) is 0 Å². The SMILES string of the molecule is CN1CCC(CN(C)CC2CCC(O)CC2)CC1. The summed E-state index contributed by atoms with van der Waals surface area (Å²) in [6.07, 6.45) is 7.20. The second-order valence-electron chi connectivity index (χ2n) is 6.64. The van der Waals surface area contributed by atoms with Crippen LogP contribution in [0.25, 0.3) is 0 Å². The van der Waals surface area contributed by atoms with Gasteiger partial charge in [-0.15, -0.1) is 0 Å². The molecule has 0 unspecified atom stereocenters. The zero-order chi connectivity index (χ0) is 13.0. The monoisotopic (exact) mass is 254 g/mol. The first-order valence-corrected chi connectivity index (χ1v) is 7.68. The second-order valence-corrected chi connectivity index (χ2v) is 6.64. The minimum absolute atomic E-state index is 0.0135. The molecule has 1 aliphatic carbocycles. The van der Waals surface area contributed by atoms with Crippen molar-refractivity contribution in [3.8, 4) is 0 Å². The fraction of sp³-hybridized carbons (Fsp3) is 1.00. The van der Waals surface area contributed by atoms with Crippen LogP contribution in [0.1, 0.15) is 38.5 Å². The molecule has 2 rings (SSSR count). The Morgan fingerprint density at radius 3 is 2.00 bits per heavy atom. The fourth-order valence-electron chi connectivity index (χ4n) is 3.53. The highest BCUT2D eigenvalue weighted by Gasteiger charge is 2.22. The average molecular weight is 254 g/mol. The van der Waals surface area contributed by atoms with Crippen molar-refractivity contribution >= 4 is 0 Å². The Balaban J connectivity index is 1.64. The van der Waals surface area contributed by atoms with Crippen molar-refractivity contribution in [3.63, 3.8) is 0 Å². The number of piperidine rings is 1. The van der Waals surface area contributed by atoms with Crippen molar-refractivity contribution in [1.29, 1.82) is 0 Å². The van der Waals surface area contributed by atoms with E-state index in [4.69, 9.17) is 0 Å². The van der Waals surface area contributed by atoms with Gasteiger partial charge in [-0.1, -0.05) is 0 Å². The zero-order valence-electron chi connectivity index (χ0n) is 12.1. The van der Waals surface area contributed by atoms with Crippen LogP contribution in [0, 0.1) is 11.8 Å². The lowest BCUT2D eigenvalue weighted by Crippen LogP contribution is -2.37. The normalized spacial score (nSPS) is 32.0. The molecule has 3 nitrogen and oxygen atoms in total. The van der Waals surface area contributed by atoms with Crippen LogP contribution in [-0.4, -0.2) is 61.3 Å². The summed E-state index contributed by atoms with van der Waals surface area (Å²) in [6, 6.07) is 0. The van der Waals surface area contributed by atoms with Crippen LogP contribution < -0.4 is 0 Å². The van der Waals surface area contributed by atoms with Gasteiger partial charge in [-0.3, -0.25) is 0 Å². The second kappa shape index (κ2) is 6.88. The highest BCUT2D eigenvalue weighted by atomic mass is 16.3. The summed E-state index contributed by atoms with van der Waals surface area (Å²) in [4.78, 5) is 4.98.